The number of amides is 2. The van der Waals surface area contributed by atoms with Gasteiger partial charge in [0.2, 0.25) is 0 Å². The second-order valence-electron chi connectivity index (χ2n) is 3.57. The summed E-state index contributed by atoms with van der Waals surface area (Å²) in [5.41, 5.74) is 0.0989. The van der Waals surface area contributed by atoms with Gasteiger partial charge in [-0.25, -0.2) is 4.79 Å². The summed E-state index contributed by atoms with van der Waals surface area (Å²) in [7, 11) is 1.43. The molecule has 0 saturated carbocycles. The van der Waals surface area contributed by atoms with E-state index in [2.05, 4.69) is 4.98 Å². The van der Waals surface area contributed by atoms with Crippen molar-refractivity contribution < 1.29 is 24.0 Å². The summed E-state index contributed by atoms with van der Waals surface area (Å²) >= 11 is 0. The third-order valence-electron chi connectivity index (χ3n) is 2.36. The van der Waals surface area contributed by atoms with Crippen molar-refractivity contribution in [2.75, 3.05) is 7.11 Å². The number of hydrogen-bond donors (Lipinski definition) is 0. The Hall–Kier alpha value is -2.44. The standard InChI is InChI=1S/C11H10N2O5/c1-17-8-4-7(5-12-6-8)11(16)18-13-9(14)2-3-10(13)15/h4-6H,2-3H2,1H3. The molecule has 0 unspecified atom stereocenters. The smallest absolute Gasteiger partial charge is 0.365 e. The van der Waals surface area contributed by atoms with Gasteiger partial charge < -0.3 is 9.57 Å². The molecule has 1 aliphatic rings. The maximum Gasteiger partial charge on any atom is 0.365 e. The van der Waals surface area contributed by atoms with E-state index in [1.165, 1.54) is 25.6 Å². The van der Waals surface area contributed by atoms with Crippen LogP contribution in [0.1, 0.15) is 23.2 Å². The van der Waals surface area contributed by atoms with Gasteiger partial charge in [-0.1, -0.05) is 0 Å². The zero-order valence-corrected chi connectivity index (χ0v) is 9.58. The van der Waals surface area contributed by atoms with Gasteiger partial charge in [0.25, 0.3) is 11.8 Å². The molecule has 0 atom stereocenters. The predicted molar refractivity (Wildman–Crippen MR) is 57.3 cm³/mol. The van der Waals surface area contributed by atoms with Crippen molar-refractivity contribution in [1.82, 2.24) is 10.0 Å². The quantitative estimate of drug-likeness (QED) is 0.718. The van der Waals surface area contributed by atoms with Crippen molar-refractivity contribution >= 4 is 17.8 Å². The lowest BCUT2D eigenvalue weighted by Crippen LogP contribution is -2.32. The fourth-order valence-electron chi connectivity index (χ4n) is 1.44. The van der Waals surface area contributed by atoms with Crippen LogP contribution in [0.2, 0.25) is 0 Å². The van der Waals surface area contributed by atoms with Crippen molar-refractivity contribution in [2.45, 2.75) is 12.8 Å². The average molecular weight is 250 g/mol. The number of ether oxygens (including phenoxy) is 1. The van der Waals surface area contributed by atoms with E-state index in [0.717, 1.165) is 0 Å². The Labute approximate surface area is 102 Å². The largest absolute Gasteiger partial charge is 0.495 e. The second-order valence-corrected chi connectivity index (χ2v) is 3.57. The Balaban J connectivity index is 2.12. The molecule has 18 heavy (non-hydrogen) atoms. The van der Waals surface area contributed by atoms with Gasteiger partial charge in [-0.05, 0) is 6.07 Å². The van der Waals surface area contributed by atoms with E-state index in [4.69, 9.17) is 9.57 Å². The minimum Gasteiger partial charge on any atom is -0.495 e. The van der Waals surface area contributed by atoms with Crippen molar-refractivity contribution in [2.24, 2.45) is 0 Å². The summed E-state index contributed by atoms with van der Waals surface area (Å²) in [5, 5.41) is 0.488. The molecule has 7 nitrogen and oxygen atoms in total. The molecule has 1 saturated heterocycles. The van der Waals surface area contributed by atoms with E-state index in [1.807, 2.05) is 0 Å². The van der Waals surface area contributed by atoms with Crippen LogP contribution >= 0.6 is 0 Å². The lowest BCUT2D eigenvalue weighted by Gasteiger charge is -2.12. The highest BCUT2D eigenvalue weighted by molar-refractivity contribution is 6.02. The Morgan fingerprint density at radius 1 is 1.28 bits per heavy atom. The van der Waals surface area contributed by atoms with Crippen LogP contribution in [-0.2, 0) is 14.4 Å². The van der Waals surface area contributed by atoms with E-state index in [-0.39, 0.29) is 18.4 Å². The van der Waals surface area contributed by atoms with Gasteiger partial charge in [-0.2, -0.15) is 0 Å². The molecule has 0 spiro atoms. The van der Waals surface area contributed by atoms with Crippen LogP contribution in [-0.4, -0.2) is 34.9 Å². The van der Waals surface area contributed by atoms with Crippen LogP contribution in [0.3, 0.4) is 0 Å². The highest BCUT2D eigenvalue weighted by Gasteiger charge is 2.33. The lowest BCUT2D eigenvalue weighted by atomic mass is 10.3. The van der Waals surface area contributed by atoms with Crippen LogP contribution in [0.15, 0.2) is 18.5 Å². The van der Waals surface area contributed by atoms with Crippen LogP contribution in [0.4, 0.5) is 0 Å². The highest BCUT2D eigenvalue weighted by Crippen LogP contribution is 2.16. The number of pyridine rings is 1. The Bertz CT molecular complexity index is 498. The molecule has 1 aromatic rings. The molecule has 1 aliphatic heterocycles. The van der Waals surface area contributed by atoms with Gasteiger partial charge in [0.1, 0.15) is 5.75 Å². The zero-order chi connectivity index (χ0) is 13.1. The fourth-order valence-corrected chi connectivity index (χ4v) is 1.44. The third-order valence-corrected chi connectivity index (χ3v) is 2.36. The zero-order valence-electron chi connectivity index (χ0n) is 9.58. The number of aromatic nitrogens is 1. The number of imide groups is 1. The minimum absolute atomic E-state index is 0.0580. The van der Waals surface area contributed by atoms with E-state index in [9.17, 15) is 14.4 Å². The van der Waals surface area contributed by atoms with E-state index in [1.54, 1.807) is 0 Å². The SMILES string of the molecule is COc1cncc(C(=O)ON2C(=O)CCC2=O)c1. The molecule has 2 heterocycles. The van der Waals surface area contributed by atoms with Gasteiger partial charge in [-0.15, -0.1) is 5.06 Å². The van der Waals surface area contributed by atoms with Gasteiger partial charge in [0.15, 0.2) is 0 Å². The summed E-state index contributed by atoms with van der Waals surface area (Å²) < 4.78 is 4.90. The first-order valence-corrected chi connectivity index (χ1v) is 5.19. The summed E-state index contributed by atoms with van der Waals surface area (Å²) in [4.78, 5) is 42.7. The summed E-state index contributed by atoms with van der Waals surface area (Å²) in [6.45, 7) is 0. The van der Waals surface area contributed by atoms with E-state index >= 15 is 0 Å². The second kappa shape index (κ2) is 4.82. The number of nitrogens with zero attached hydrogens (tertiary/aromatic N) is 2. The van der Waals surface area contributed by atoms with Gasteiger partial charge >= 0.3 is 5.97 Å². The molecule has 7 heteroatoms. The lowest BCUT2D eigenvalue weighted by molar-refractivity contribution is -0.172. The first-order valence-electron chi connectivity index (χ1n) is 5.19. The maximum atomic E-state index is 11.7. The molecule has 0 radical (unpaired) electrons. The number of methoxy groups -OCH3 is 1. The molecular formula is C11H10N2O5. The van der Waals surface area contributed by atoms with Crippen LogP contribution in [0, 0.1) is 0 Å². The van der Waals surface area contributed by atoms with Gasteiger partial charge in [0, 0.05) is 19.0 Å². The van der Waals surface area contributed by atoms with Crippen LogP contribution < -0.4 is 4.74 Å². The van der Waals surface area contributed by atoms with E-state index < -0.39 is 17.8 Å². The van der Waals surface area contributed by atoms with Crippen molar-refractivity contribution in [3.05, 3.63) is 24.0 Å². The Morgan fingerprint density at radius 3 is 2.56 bits per heavy atom. The van der Waals surface area contributed by atoms with Crippen molar-refractivity contribution in [3.8, 4) is 5.75 Å². The van der Waals surface area contributed by atoms with Crippen LogP contribution in [0.25, 0.3) is 0 Å². The monoisotopic (exact) mass is 250 g/mol. The molecule has 1 fully saturated rings. The summed E-state index contributed by atoms with van der Waals surface area (Å²) in [5.74, 6) is -1.50. The van der Waals surface area contributed by atoms with Crippen molar-refractivity contribution in [3.63, 3.8) is 0 Å². The predicted octanol–water partition coefficient (Wildman–Crippen LogP) is 0.311. The number of hydroxylamine groups is 2. The van der Waals surface area contributed by atoms with Gasteiger partial charge in [-0.3, -0.25) is 14.6 Å². The van der Waals surface area contributed by atoms with E-state index in [0.29, 0.717) is 10.8 Å². The third kappa shape index (κ3) is 2.29. The van der Waals surface area contributed by atoms with Gasteiger partial charge in [0.05, 0.1) is 18.9 Å². The summed E-state index contributed by atoms with van der Waals surface area (Å²) in [6.07, 6.45) is 2.80. The highest BCUT2D eigenvalue weighted by atomic mass is 16.7. The molecule has 0 N–H and O–H groups in total. The average Bonchev–Trinajstić information content (AvgIpc) is 2.70. The molecular weight excluding hydrogens is 240 g/mol. The first-order chi connectivity index (χ1) is 8.61. The number of carbonyl (C=O) groups excluding carboxylic acids is 3. The molecule has 2 rings (SSSR count). The number of carbonyl (C=O) groups is 3. The van der Waals surface area contributed by atoms with Crippen molar-refractivity contribution in [1.29, 1.82) is 0 Å². The molecule has 94 valence electrons. The molecule has 0 aromatic carbocycles. The normalized spacial score (nSPS) is 14.8. The molecule has 1 aromatic heterocycles. The molecule has 0 aliphatic carbocycles. The fraction of sp³-hybridized carbons (Fsp3) is 0.273. The minimum atomic E-state index is -0.829. The Kier molecular flexibility index (Phi) is 3.22. The Morgan fingerprint density at radius 2 is 1.94 bits per heavy atom. The number of rotatable bonds is 3. The topological polar surface area (TPSA) is 85.8 Å². The maximum absolute atomic E-state index is 11.7. The number of hydrogen-bond acceptors (Lipinski definition) is 6. The molecule has 0 bridgehead atoms. The molecule has 2 amide bonds. The van der Waals surface area contributed by atoms with Crippen LogP contribution in [0.5, 0.6) is 5.75 Å². The summed E-state index contributed by atoms with van der Waals surface area (Å²) in [6, 6.07) is 1.40. The first kappa shape index (κ1) is 12.0.